The molecule has 240 valence electrons. The van der Waals surface area contributed by atoms with Gasteiger partial charge in [0.15, 0.2) is 12.2 Å². The number of carbonyl (C=O) groups excluding carboxylic acids is 1. The number of oxazole rings is 1. The van der Waals surface area contributed by atoms with E-state index in [0.29, 0.717) is 36.1 Å². The first-order valence-electron chi connectivity index (χ1n) is 15.6. The van der Waals surface area contributed by atoms with Crippen LogP contribution in [0.25, 0.3) is 22.2 Å². The largest absolute Gasteiger partial charge is 0.493 e. The van der Waals surface area contributed by atoms with Crippen LogP contribution >= 0.6 is 0 Å². The van der Waals surface area contributed by atoms with Crippen molar-refractivity contribution in [1.82, 2.24) is 15.2 Å². The first kappa shape index (κ1) is 32.1. The van der Waals surface area contributed by atoms with Crippen molar-refractivity contribution in [3.8, 4) is 28.4 Å². The summed E-state index contributed by atoms with van der Waals surface area (Å²) in [6.07, 6.45) is 1.86. The Hall–Kier alpha value is -4.31. The lowest BCUT2D eigenvalue weighted by Gasteiger charge is -2.32. The molecular weight excluding hydrogens is 575 g/mol. The number of amides is 1. The quantitative estimate of drug-likeness (QED) is 0.179. The molecule has 9 nitrogen and oxygen atoms in total. The average molecular weight is 619 g/mol. The number of hydrogen-bond acceptors (Lipinski definition) is 8. The summed E-state index contributed by atoms with van der Waals surface area (Å²) in [7, 11) is 0. The van der Waals surface area contributed by atoms with Gasteiger partial charge in [0.05, 0.1) is 18.8 Å². The number of carbonyl (C=O) groups is 1. The Morgan fingerprint density at radius 3 is 2.27 bits per heavy atom. The Kier molecular flexibility index (Phi) is 10.1. The van der Waals surface area contributed by atoms with Crippen LogP contribution in [0.3, 0.4) is 0 Å². The van der Waals surface area contributed by atoms with E-state index < -0.39 is 0 Å². The summed E-state index contributed by atoms with van der Waals surface area (Å²) in [5.74, 6) is 1.57. The van der Waals surface area contributed by atoms with Crippen LogP contribution in [0.2, 0.25) is 0 Å². The molecule has 2 N–H and O–H groups in total. The highest BCUT2D eigenvalue weighted by Crippen LogP contribution is 2.40. The maximum Gasteiger partial charge on any atom is 0.295 e. The second kappa shape index (κ2) is 14.2. The molecule has 1 aliphatic heterocycles. The molecule has 1 fully saturated rings. The Labute approximate surface area is 264 Å². The van der Waals surface area contributed by atoms with Gasteiger partial charge in [0.25, 0.3) is 11.9 Å². The third kappa shape index (κ3) is 8.66. The summed E-state index contributed by atoms with van der Waals surface area (Å²) in [5.41, 5.74) is 3.81. The molecule has 4 aromatic rings. The van der Waals surface area contributed by atoms with Crippen LogP contribution in [0.4, 0.5) is 10.4 Å². The topological polar surface area (TPSA) is 98.1 Å². The second-order valence-electron chi connectivity index (χ2n) is 12.3. The fourth-order valence-electron chi connectivity index (χ4n) is 5.51. The molecule has 10 heteroatoms. The number of halogens is 1. The van der Waals surface area contributed by atoms with Gasteiger partial charge in [0, 0.05) is 37.3 Å². The molecule has 0 spiro atoms. The van der Waals surface area contributed by atoms with E-state index in [0.717, 1.165) is 60.7 Å². The molecule has 3 aromatic carbocycles. The third-order valence-corrected chi connectivity index (χ3v) is 7.42. The number of hydrogen-bond donors (Lipinski definition) is 2. The van der Waals surface area contributed by atoms with Gasteiger partial charge in [-0.2, -0.15) is 4.98 Å². The number of fused-ring (bicyclic) bond motifs is 1. The van der Waals surface area contributed by atoms with E-state index in [9.17, 15) is 9.18 Å². The highest BCUT2D eigenvalue weighted by atomic mass is 19.1. The highest BCUT2D eigenvalue weighted by molar-refractivity contribution is 5.79. The molecule has 1 saturated heterocycles. The predicted octanol–water partition coefficient (Wildman–Crippen LogP) is 6.80. The van der Waals surface area contributed by atoms with E-state index in [1.807, 2.05) is 40.7 Å². The van der Waals surface area contributed by atoms with E-state index in [1.54, 1.807) is 24.3 Å². The zero-order chi connectivity index (χ0) is 32.0. The first-order chi connectivity index (χ1) is 21.6. The van der Waals surface area contributed by atoms with Crippen LogP contribution in [0, 0.1) is 5.82 Å². The summed E-state index contributed by atoms with van der Waals surface area (Å²) in [5, 5.41) is 6.34. The summed E-state index contributed by atoms with van der Waals surface area (Å²) in [4.78, 5) is 19.1. The number of benzene rings is 3. The van der Waals surface area contributed by atoms with Crippen molar-refractivity contribution in [2.75, 3.05) is 38.2 Å². The van der Waals surface area contributed by atoms with Crippen LogP contribution in [0.15, 0.2) is 59.0 Å². The Bertz CT molecular complexity index is 1560. The van der Waals surface area contributed by atoms with Crippen molar-refractivity contribution in [3.05, 3.63) is 66.0 Å². The van der Waals surface area contributed by atoms with Crippen molar-refractivity contribution in [2.45, 2.75) is 65.6 Å². The molecule has 0 bridgehead atoms. The minimum absolute atomic E-state index is 0.0669. The minimum atomic E-state index is -0.314. The molecule has 0 radical (unpaired) electrons. The number of rotatable bonds is 12. The van der Waals surface area contributed by atoms with Crippen LogP contribution in [-0.4, -0.2) is 60.3 Å². The lowest BCUT2D eigenvalue weighted by atomic mass is 9.99. The Morgan fingerprint density at radius 2 is 1.64 bits per heavy atom. The summed E-state index contributed by atoms with van der Waals surface area (Å²) < 4.78 is 37.3. The van der Waals surface area contributed by atoms with Gasteiger partial charge >= 0.3 is 0 Å². The molecule has 1 aromatic heterocycles. The number of piperidine rings is 1. The van der Waals surface area contributed by atoms with Gasteiger partial charge in [-0.05, 0) is 95.0 Å². The van der Waals surface area contributed by atoms with E-state index in [1.165, 1.54) is 12.1 Å². The maximum absolute atomic E-state index is 13.6. The molecule has 45 heavy (non-hydrogen) atoms. The lowest BCUT2D eigenvalue weighted by Crippen LogP contribution is -2.43. The normalized spacial score (nSPS) is 14.4. The molecule has 0 aliphatic carbocycles. The fraction of sp³-hybridized carbons (Fsp3) is 0.429. The molecule has 0 saturated carbocycles. The molecule has 0 atom stereocenters. The SMILES string of the molecule is CCOc1cc(CN2CCC(Nc3nc4cc(OCC(=O)NC(C)(C)C)ccc4o3)CC2)cc(OCC)c1-c1ccc(F)cc1. The van der Waals surface area contributed by atoms with Gasteiger partial charge in [-0.15, -0.1) is 0 Å². The van der Waals surface area contributed by atoms with Crippen molar-refractivity contribution in [2.24, 2.45) is 0 Å². The van der Waals surface area contributed by atoms with E-state index in [2.05, 4.69) is 32.7 Å². The van der Waals surface area contributed by atoms with Gasteiger partial charge in [0.1, 0.15) is 28.6 Å². The van der Waals surface area contributed by atoms with Crippen LogP contribution < -0.4 is 24.8 Å². The minimum Gasteiger partial charge on any atom is -0.493 e. The monoisotopic (exact) mass is 618 g/mol. The van der Waals surface area contributed by atoms with Crippen molar-refractivity contribution >= 4 is 23.0 Å². The predicted molar refractivity (Wildman–Crippen MR) is 173 cm³/mol. The zero-order valence-corrected chi connectivity index (χ0v) is 26.7. The first-order valence-corrected chi connectivity index (χ1v) is 15.6. The van der Waals surface area contributed by atoms with Crippen molar-refractivity contribution < 1.29 is 27.8 Å². The van der Waals surface area contributed by atoms with Gasteiger partial charge in [0.2, 0.25) is 0 Å². The standard InChI is InChI=1S/C35H43FN4O5/c1-6-42-30-18-23(19-31(43-7-2)33(30)24-8-10-25(36)11-9-24)21-40-16-14-26(15-17-40)37-34-38-28-20-27(12-13-29(28)45-34)44-22-32(41)39-35(3,4)5/h8-13,18-20,26H,6-7,14-17,21-22H2,1-5H3,(H,37,38)(H,39,41). The maximum atomic E-state index is 13.6. The summed E-state index contributed by atoms with van der Waals surface area (Å²) in [6.45, 7) is 13.2. The number of nitrogens with zero attached hydrogens (tertiary/aromatic N) is 2. The molecule has 1 amide bonds. The number of aromatic nitrogens is 1. The van der Waals surface area contributed by atoms with Crippen LogP contribution in [0.1, 0.15) is 53.0 Å². The van der Waals surface area contributed by atoms with E-state index >= 15 is 0 Å². The third-order valence-electron chi connectivity index (χ3n) is 7.42. The van der Waals surface area contributed by atoms with Gasteiger partial charge in [-0.1, -0.05) is 12.1 Å². The molecular formula is C35H43FN4O5. The number of nitrogens with one attached hydrogen (secondary N) is 2. The van der Waals surface area contributed by atoms with Gasteiger partial charge in [-0.3, -0.25) is 9.69 Å². The molecule has 2 heterocycles. The summed E-state index contributed by atoms with van der Waals surface area (Å²) in [6, 6.07) is 16.6. The van der Waals surface area contributed by atoms with Gasteiger partial charge in [-0.25, -0.2) is 4.39 Å². The highest BCUT2D eigenvalue weighted by Gasteiger charge is 2.23. The second-order valence-corrected chi connectivity index (χ2v) is 12.3. The number of anilines is 1. The molecule has 1 aliphatic rings. The lowest BCUT2D eigenvalue weighted by molar-refractivity contribution is -0.124. The zero-order valence-electron chi connectivity index (χ0n) is 26.7. The van der Waals surface area contributed by atoms with Crippen LogP contribution in [-0.2, 0) is 11.3 Å². The Balaban J connectivity index is 1.19. The van der Waals surface area contributed by atoms with E-state index in [4.69, 9.17) is 18.6 Å². The number of ether oxygens (including phenoxy) is 3. The average Bonchev–Trinajstić information content (AvgIpc) is 3.39. The van der Waals surface area contributed by atoms with Crippen molar-refractivity contribution in [3.63, 3.8) is 0 Å². The summed E-state index contributed by atoms with van der Waals surface area (Å²) >= 11 is 0. The van der Waals surface area contributed by atoms with Crippen LogP contribution in [0.5, 0.6) is 17.2 Å². The smallest absolute Gasteiger partial charge is 0.295 e. The molecule has 5 rings (SSSR count). The van der Waals surface area contributed by atoms with Crippen molar-refractivity contribution in [1.29, 1.82) is 0 Å². The Morgan fingerprint density at radius 1 is 0.978 bits per heavy atom. The number of likely N-dealkylation sites (tertiary alicyclic amines) is 1. The fourth-order valence-corrected chi connectivity index (χ4v) is 5.51. The van der Waals surface area contributed by atoms with E-state index in [-0.39, 0.29) is 29.9 Å². The van der Waals surface area contributed by atoms with Gasteiger partial charge < -0.3 is 29.3 Å². The molecule has 0 unspecified atom stereocenters.